The van der Waals surface area contributed by atoms with Crippen molar-refractivity contribution in [3.8, 4) is 0 Å². The minimum Gasteiger partial charge on any atom is -0.307 e. The molecule has 1 aliphatic heterocycles. The zero-order chi connectivity index (χ0) is 18.1. The van der Waals surface area contributed by atoms with Crippen LogP contribution in [0.1, 0.15) is 47.9 Å². The Kier molecular flexibility index (Phi) is 7.44. The quantitative estimate of drug-likeness (QED) is 0.694. The molecule has 1 radical (unpaired) electrons. The molecule has 6 nitrogen and oxygen atoms in total. The average molecular weight is 417 g/mol. The van der Waals surface area contributed by atoms with Crippen molar-refractivity contribution in [1.29, 1.82) is 0 Å². The van der Waals surface area contributed by atoms with Crippen LogP contribution in [-0.4, -0.2) is 96.1 Å². The summed E-state index contributed by atoms with van der Waals surface area (Å²) in [5.41, 5.74) is 5.92. The summed E-state index contributed by atoms with van der Waals surface area (Å²) in [4.78, 5) is 14.6. The molecule has 1 heterocycles. The van der Waals surface area contributed by atoms with E-state index in [-0.39, 0.29) is 57.1 Å². The zero-order valence-corrected chi connectivity index (χ0v) is 20.1. The Balaban J connectivity index is 0.00000210. The molecule has 1 fully saturated rings. The van der Waals surface area contributed by atoms with Crippen molar-refractivity contribution in [2.75, 3.05) is 30.7 Å². The fourth-order valence-corrected chi connectivity index (χ4v) is 5.33. The Labute approximate surface area is 204 Å². The first kappa shape index (κ1) is 21.7. The van der Waals surface area contributed by atoms with E-state index in [0.29, 0.717) is 6.42 Å². The third-order valence-electron chi connectivity index (χ3n) is 5.80. The van der Waals surface area contributed by atoms with Gasteiger partial charge in [-0.05, 0) is 93.3 Å². The van der Waals surface area contributed by atoms with Crippen LogP contribution in [0, 0.1) is 0 Å². The maximum atomic E-state index is 12.4. The minimum absolute atomic E-state index is 0. The van der Waals surface area contributed by atoms with Crippen LogP contribution in [0.15, 0.2) is 6.07 Å². The number of carbonyl (C=O) groups is 1. The molecule has 8 heteroatoms. The summed E-state index contributed by atoms with van der Waals surface area (Å²) in [6.45, 7) is 2.89. The summed E-state index contributed by atoms with van der Waals surface area (Å²) in [6.07, 6.45) is 7.97. The molecule has 2 N–H and O–H groups in total. The van der Waals surface area contributed by atoms with E-state index in [1.54, 1.807) is 0 Å². The number of likely N-dealkylation sites (tertiary alicyclic amines) is 1. The van der Waals surface area contributed by atoms with Gasteiger partial charge in [-0.1, -0.05) is 6.07 Å². The summed E-state index contributed by atoms with van der Waals surface area (Å²) >= 11 is 0. The van der Waals surface area contributed by atoms with Crippen molar-refractivity contribution in [2.45, 2.75) is 51.4 Å². The van der Waals surface area contributed by atoms with Crippen LogP contribution in [0.25, 0.3) is 0 Å². The van der Waals surface area contributed by atoms with Crippen LogP contribution in [0.2, 0.25) is 0 Å². The van der Waals surface area contributed by atoms with E-state index in [0.717, 1.165) is 63.8 Å². The van der Waals surface area contributed by atoms with Crippen LogP contribution >= 0.6 is 0 Å². The van der Waals surface area contributed by atoms with Crippen molar-refractivity contribution in [3.05, 3.63) is 28.3 Å². The number of nitrogens with one attached hydrogen (secondary N) is 2. The first-order valence-corrected chi connectivity index (χ1v) is 11.4. The van der Waals surface area contributed by atoms with E-state index in [1.165, 1.54) is 28.7 Å². The molecule has 1 saturated heterocycles. The number of sulfonamides is 1. The number of aryl methyl sites for hydroxylation is 2. The normalized spacial score (nSPS) is 18.2. The molecule has 27 heavy (non-hydrogen) atoms. The first-order valence-electron chi connectivity index (χ1n) is 9.72. The predicted molar refractivity (Wildman–Crippen MR) is 108 cm³/mol. The number of nitrogens with zero attached hydrogens (tertiary/aromatic N) is 1. The van der Waals surface area contributed by atoms with Gasteiger partial charge in [0.15, 0.2) is 0 Å². The molecule has 2 aliphatic carbocycles. The number of urea groups is 1. The molecular weight excluding hydrogens is 389 g/mol. The number of amides is 2. The molecule has 2 amide bonds. The number of carbonyl (C=O) groups excluding carboxylic acids is 1. The van der Waals surface area contributed by atoms with E-state index in [9.17, 15) is 13.2 Å². The third-order valence-corrected chi connectivity index (χ3v) is 7.12. The van der Waals surface area contributed by atoms with Crippen LogP contribution in [-0.2, 0) is 35.7 Å². The molecule has 1 aromatic carbocycles. The molecular formula is C19H27KN3O3S. The van der Waals surface area contributed by atoms with E-state index in [4.69, 9.17) is 0 Å². The maximum Gasteiger partial charge on any atom is 0.332 e. The summed E-state index contributed by atoms with van der Waals surface area (Å²) in [5.74, 6) is -0.0120. The van der Waals surface area contributed by atoms with Crippen molar-refractivity contribution >= 4 is 73.1 Å². The minimum atomic E-state index is -3.60. The Bertz CT molecular complexity index is 790. The molecule has 0 atom stereocenters. The smallest absolute Gasteiger partial charge is 0.307 e. The van der Waals surface area contributed by atoms with E-state index < -0.39 is 16.1 Å². The summed E-state index contributed by atoms with van der Waals surface area (Å²) in [5, 5.41) is 2.88. The van der Waals surface area contributed by atoms with Gasteiger partial charge in [0.2, 0.25) is 10.0 Å². The number of hydrogen-bond donors (Lipinski definition) is 2. The fourth-order valence-electron chi connectivity index (χ4n) is 4.38. The van der Waals surface area contributed by atoms with Crippen molar-refractivity contribution in [3.63, 3.8) is 0 Å². The number of fused-ring (bicyclic) bond motifs is 2. The van der Waals surface area contributed by atoms with Gasteiger partial charge in [0.25, 0.3) is 0 Å². The standard InChI is InChI=1S/C19H27N3O3S.K/c23-19(21-26(24,25)12-4-11-22-9-3-10-22)20-18-16-7-1-5-14(16)13-15-6-2-8-17(15)18;/h13H,1-12H2,(H2,20,21,23);. The second-order valence-electron chi connectivity index (χ2n) is 7.66. The van der Waals surface area contributed by atoms with E-state index in [1.807, 2.05) is 0 Å². The van der Waals surface area contributed by atoms with Gasteiger partial charge in [0, 0.05) is 57.1 Å². The Morgan fingerprint density at radius 2 is 1.63 bits per heavy atom. The monoisotopic (exact) mass is 416 g/mol. The summed E-state index contributed by atoms with van der Waals surface area (Å²) < 4.78 is 26.6. The average Bonchev–Trinajstić information content (AvgIpc) is 3.17. The van der Waals surface area contributed by atoms with E-state index in [2.05, 4.69) is 21.0 Å². The molecule has 4 rings (SSSR count). The molecule has 0 unspecified atom stereocenters. The van der Waals surface area contributed by atoms with Gasteiger partial charge in [-0.2, -0.15) is 0 Å². The second kappa shape index (κ2) is 9.24. The van der Waals surface area contributed by atoms with E-state index >= 15 is 0 Å². The maximum absolute atomic E-state index is 12.4. The van der Waals surface area contributed by atoms with Crippen molar-refractivity contribution in [1.82, 2.24) is 9.62 Å². The molecule has 0 aromatic heterocycles. The summed E-state index contributed by atoms with van der Waals surface area (Å²) in [6, 6.07) is 1.67. The van der Waals surface area contributed by atoms with Crippen molar-refractivity contribution < 1.29 is 13.2 Å². The molecule has 143 valence electrons. The van der Waals surface area contributed by atoms with Crippen LogP contribution in [0.4, 0.5) is 10.5 Å². The first-order chi connectivity index (χ1) is 12.5. The SMILES string of the molecule is O=C(Nc1c2c(cc3c1CCC3)CCC2)NS(=O)(=O)CCCN1CCC1.[K]. The molecule has 3 aliphatic rings. The van der Waals surface area contributed by atoms with Crippen molar-refractivity contribution in [2.24, 2.45) is 0 Å². The van der Waals surface area contributed by atoms with Gasteiger partial charge in [0.1, 0.15) is 0 Å². The molecule has 0 saturated carbocycles. The number of rotatable bonds is 6. The van der Waals surface area contributed by atoms with Crippen LogP contribution in [0.5, 0.6) is 0 Å². The van der Waals surface area contributed by atoms with Crippen LogP contribution < -0.4 is 10.0 Å². The van der Waals surface area contributed by atoms with Gasteiger partial charge in [0.05, 0.1) is 5.75 Å². The Morgan fingerprint density at radius 3 is 2.19 bits per heavy atom. The third kappa shape index (κ3) is 5.15. The molecule has 0 spiro atoms. The number of anilines is 1. The van der Waals surface area contributed by atoms with Gasteiger partial charge in [-0.15, -0.1) is 0 Å². The predicted octanol–water partition coefficient (Wildman–Crippen LogP) is 1.83. The molecule has 0 bridgehead atoms. The summed E-state index contributed by atoms with van der Waals surface area (Å²) in [7, 11) is -3.60. The largest absolute Gasteiger partial charge is 0.332 e. The second-order valence-corrected chi connectivity index (χ2v) is 9.50. The number of hydrogen-bond acceptors (Lipinski definition) is 4. The topological polar surface area (TPSA) is 78.5 Å². The Morgan fingerprint density at radius 1 is 1.00 bits per heavy atom. The number of benzene rings is 1. The Hall–Kier alpha value is 0.0364. The van der Waals surface area contributed by atoms with Gasteiger partial charge in [-0.25, -0.2) is 17.9 Å². The zero-order valence-electron chi connectivity index (χ0n) is 16.1. The fraction of sp³-hybridized carbons (Fsp3) is 0.632. The van der Waals surface area contributed by atoms with Gasteiger partial charge >= 0.3 is 6.03 Å². The molecule has 1 aromatic rings. The van der Waals surface area contributed by atoms with Crippen LogP contribution in [0.3, 0.4) is 0 Å². The van der Waals surface area contributed by atoms with Gasteiger partial charge < -0.3 is 10.2 Å². The van der Waals surface area contributed by atoms with Gasteiger partial charge in [-0.3, -0.25) is 0 Å².